The molecule has 0 radical (unpaired) electrons. The number of hydrogen-bond acceptors (Lipinski definition) is 4. The zero-order valence-electron chi connectivity index (χ0n) is 11.2. The first kappa shape index (κ1) is 12.1. The smallest absolute Gasteiger partial charge is 0.0948 e. The van der Waals surface area contributed by atoms with Crippen molar-refractivity contribution in [2.75, 3.05) is 39.3 Å². The summed E-state index contributed by atoms with van der Waals surface area (Å²) in [5.74, 6) is 0. The van der Waals surface area contributed by atoms with Crippen LogP contribution in [-0.4, -0.2) is 64.7 Å². The molecule has 5 nitrogen and oxygen atoms in total. The molecule has 0 atom stereocenters. The first-order valence-electron chi connectivity index (χ1n) is 7.03. The number of aromatic nitrogens is 2. The fourth-order valence-corrected chi connectivity index (χ4v) is 2.94. The van der Waals surface area contributed by atoms with Gasteiger partial charge in [-0.2, -0.15) is 0 Å². The van der Waals surface area contributed by atoms with Gasteiger partial charge in [0, 0.05) is 64.6 Å². The van der Waals surface area contributed by atoms with Crippen LogP contribution < -0.4 is 5.32 Å². The third-order valence-electron chi connectivity index (χ3n) is 4.13. The molecule has 1 aromatic heterocycles. The van der Waals surface area contributed by atoms with Crippen molar-refractivity contribution in [3.8, 4) is 0 Å². The van der Waals surface area contributed by atoms with Crippen LogP contribution in [0, 0.1) is 0 Å². The van der Waals surface area contributed by atoms with Crippen LogP contribution in [0.1, 0.15) is 12.6 Å². The highest BCUT2D eigenvalue weighted by molar-refractivity contribution is 5.01. The molecule has 18 heavy (non-hydrogen) atoms. The number of imidazole rings is 1. The molecule has 0 saturated carbocycles. The van der Waals surface area contributed by atoms with Gasteiger partial charge in [0.25, 0.3) is 0 Å². The van der Waals surface area contributed by atoms with Crippen molar-refractivity contribution in [3.63, 3.8) is 0 Å². The van der Waals surface area contributed by atoms with E-state index in [1.54, 1.807) is 0 Å². The van der Waals surface area contributed by atoms with Gasteiger partial charge < -0.3 is 9.88 Å². The van der Waals surface area contributed by atoms with E-state index in [-0.39, 0.29) is 0 Å². The van der Waals surface area contributed by atoms with Gasteiger partial charge in [-0.15, -0.1) is 0 Å². The summed E-state index contributed by atoms with van der Waals surface area (Å²) in [5, 5.41) is 3.41. The summed E-state index contributed by atoms with van der Waals surface area (Å²) < 4.78 is 2.23. The molecule has 100 valence electrons. The van der Waals surface area contributed by atoms with Gasteiger partial charge in [-0.05, 0) is 6.92 Å². The van der Waals surface area contributed by atoms with Crippen LogP contribution in [0.5, 0.6) is 0 Å². The van der Waals surface area contributed by atoms with E-state index in [1.165, 1.54) is 31.9 Å². The van der Waals surface area contributed by atoms with Crippen LogP contribution in [-0.2, 0) is 13.1 Å². The van der Waals surface area contributed by atoms with E-state index in [0.717, 1.165) is 32.2 Å². The fourth-order valence-electron chi connectivity index (χ4n) is 2.94. The molecule has 0 unspecified atom stereocenters. The van der Waals surface area contributed by atoms with E-state index >= 15 is 0 Å². The van der Waals surface area contributed by atoms with Crippen LogP contribution in [0.25, 0.3) is 0 Å². The number of aryl methyl sites for hydroxylation is 1. The molecule has 3 heterocycles. The summed E-state index contributed by atoms with van der Waals surface area (Å²) in [6.45, 7) is 11.4. The van der Waals surface area contributed by atoms with Gasteiger partial charge in [0.15, 0.2) is 0 Å². The van der Waals surface area contributed by atoms with E-state index in [0.29, 0.717) is 0 Å². The quantitative estimate of drug-likeness (QED) is 0.814. The molecule has 0 spiro atoms. The van der Waals surface area contributed by atoms with Crippen molar-refractivity contribution >= 4 is 0 Å². The molecule has 1 N–H and O–H groups in total. The topological polar surface area (TPSA) is 36.3 Å². The van der Waals surface area contributed by atoms with Crippen LogP contribution in [0.2, 0.25) is 0 Å². The molecule has 1 aromatic rings. The van der Waals surface area contributed by atoms with E-state index in [1.807, 2.05) is 12.5 Å². The second-order valence-electron chi connectivity index (χ2n) is 5.30. The predicted octanol–water partition coefficient (Wildman–Crippen LogP) is -0.00760. The molecule has 2 aliphatic heterocycles. The lowest BCUT2D eigenvalue weighted by atomic mass is 10.1. The Kier molecular flexibility index (Phi) is 3.63. The predicted molar refractivity (Wildman–Crippen MR) is 71.4 cm³/mol. The number of nitrogens with one attached hydrogen (secondary N) is 1. The molecular weight excluding hydrogens is 226 g/mol. The maximum atomic E-state index is 4.23. The molecule has 0 aliphatic carbocycles. The first-order valence-corrected chi connectivity index (χ1v) is 7.03. The van der Waals surface area contributed by atoms with Crippen molar-refractivity contribution < 1.29 is 0 Å². The number of nitrogens with zero attached hydrogens (tertiary/aromatic N) is 4. The minimum absolute atomic E-state index is 0.782. The molecule has 0 aromatic carbocycles. The van der Waals surface area contributed by atoms with Crippen molar-refractivity contribution in [2.45, 2.75) is 26.1 Å². The average molecular weight is 249 g/mol. The maximum Gasteiger partial charge on any atom is 0.0948 e. The molecule has 2 fully saturated rings. The lowest BCUT2D eigenvalue weighted by molar-refractivity contribution is 0.0210. The summed E-state index contributed by atoms with van der Waals surface area (Å²) in [4.78, 5) is 9.38. The van der Waals surface area contributed by atoms with E-state index in [2.05, 4.69) is 31.6 Å². The van der Waals surface area contributed by atoms with Gasteiger partial charge in [0.1, 0.15) is 0 Å². The highest BCUT2D eigenvalue weighted by Gasteiger charge is 2.32. The summed E-state index contributed by atoms with van der Waals surface area (Å²) >= 11 is 0. The van der Waals surface area contributed by atoms with Gasteiger partial charge >= 0.3 is 0 Å². The van der Waals surface area contributed by atoms with Crippen LogP contribution >= 0.6 is 0 Å². The number of piperazine rings is 1. The highest BCUT2D eigenvalue weighted by Crippen LogP contribution is 2.18. The van der Waals surface area contributed by atoms with Gasteiger partial charge in [-0.3, -0.25) is 9.80 Å². The zero-order chi connectivity index (χ0) is 12.4. The Hall–Kier alpha value is -0.910. The molecule has 2 saturated heterocycles. The Morgan fingerprint density at radius 1 is 1.33 bits per heavy atom. The molecule has 3 rings (SSSR count). The minimum Gasteiger partial charge on any atom is -0.334 e. The molecule has 0 amide bonds. The Bertz CT molecular complexity index is 376. The SMILES string of the molecule is CCn1cncc1CN1CC(N2CCNCC2)C1. The second-order valence-corrected chi connectivity index (χ2v) is 5.30. The average Bonchev–Trinajstić information content (AvgIpc) is 2.81. The number of likely N-dealkylation sites (tertiary alicyclic amines) is 1. The molecule has 0 bridgehead atoms. The highest BCUT2D eigenvalue weighted by atomic mass is 15.3. The second kappa shape index (κ2) is 5.38. The van der Waals surface area contributed by atoms with Crippen molar-refractivity contribution in [3.05, 3.63) is 18.2 Å². The van der Waals surface area contributed by atoms with E-state index in [4.69, 9.17) is 0 Å². The fraction of sp³-hybridized carbons (Fsp3) is 0.769. The molecular formula is C13H23N5. The van der Waals surface area contributed by atoms with Gasteiger partial charge in [0.2, 0.25) is 0 Å². The summed E-state index contributed by atoms with van der Waals surface area (Å²) in [6.07, 6.45) is 3.94. The number of rotatable bonds is 4. The third kappa shape index (κ3) is 2.43. The Balaban J connectivity index is 1.47. The lowest BCUT2D eigenvalue weighted by Gasteiger charge is -2.46. The van der Waals surface area contributed by atoms with Crippen LogP contribution in [0.15, 0.2) is 12.5 Å². The van der Waals surface area contributed by atoms with E-state index < -0.39 is 0 Å². The van der Waals surface area contributed by atoms with Crippen molar-refractivity contribution in [2.24, 2.45) is 0 Å². The van der Waals surface area contributed by atoms with Crippen LogP contribution in [0.3, 0.4) is 0 Å². The summed E-state index contributed by atoms with van der Waals surface area (Å²) in [6, 6.07) is 0.782. The maximum absolute atomic E-state index is 4.23. The van der Waals surface area contributed by atoms with Gasteiger partial charge in [0.05, 0.1) is 12.0 Å². The van der Waals surface area contributed by atoms with Crippen molar-refractivity contribution in [1.82, 2.24) is 24.7 Å². The first-order chi connectivity index (χ1) is 8.86. The monoisotopic (exact) mass is 249 g/mol. The third-order valence-corrected chi connectivity index (χ3v) is 4.13. The summed E-state index contributed by atoms with van der Waals surface area (Å²) in [5.41, 5.74) is 1.34. The number of hydrogen-bond donors (Lipinski definition) is 1. The van der Waals surface area contributed by atoms with Crippen molar-refractivity contribution in [1.29, 1.82) is 0 Å². The largest absolute Gasteiger partial charge is 0.334 e. The molecule has 2 aliphatic rings. The van der Waals surface area contributed by atoms with E-state index in [9.17, 15) is 0 Å². The minimum atomic E-state index is 0.782. The van der Waals surface area contributed by atoms with Gasteiger partial charge in [-0.1, -0.05) is 0 Å². The van der Waals surface area contributed by atoms with Crippen LogP contribution in [0.4, 0.5) is 0 Å². The Labute approximate surface area is 109 Å². The summed E-state index contributed by atoms with van der Waals surface area (Å²) in [7, 11) is 0. The zero-order valence-corrected chi connectivity index (χ0v) is 11.2. The Morgan fingerprint density at radius 2 is 2.11 bits per heavy atom. The normalized spacial score (nSPS) is 23.2. The molecule has 5 heteroatoms. The van der Waals surface area contributed by atoms with Gasteiger partial charge in [-0.25, -0.2) is 4.98 Å². The lowest BCUT2D eigenvalue weighted by Crippen LogP contribution is -2.62. The Morgan fingerprint density at radius 3 is 2.83 bits per heavy atom. The standard InChI is InChI=1S/C13H23N5/c1-2-17-11-15-7-12(17)8-16-9-13(10-16)18-5-3-14-4-6-18/h7,11,13-14H,2-6,8-10H2,1H3.